The SMILES string of the molecule is C=C(CN(CCCC)C(C)CC)[B-](F)(F)F.[K+]. The van der Waals surface area contributed by atoms with Gasteiger partial charge in [-0.25, -0.2) is 0 Å². The molecular formula is C11H22BF3KN. The number of unbranched alkanes of at least 4 members (excludes halogenated alkanes) is 1. The summed E-state index contributed by atoms with van der Waals surface area (Å²) in [6.45, 7) is 4.93. The zero-order valence-electron chi connectivity index (χ0n) is 11.5. The maximum Gasteiger partial charge on any atom is 1.00 e. The first kappa shape index (κ1) is 20.5. The molecule has 0 aliphatic heterocycles. The van der Waals surface area contributed by atoms with Gasteiger partial charge in [0.25, 0.3) is 0 Å². The molecule has 6 heteroatoms. The van der Waals surface area contributed by atoms with E-state index in [0.29, 0.717) is 0 Å². The van der Waals surface area contributed by atoms with Crippen molar-refractivity contribution in [1.29, 1.82) is 0 Å². The van der Waals surface area contributed by atoms with E-state index in [4.69, 9.17) is 0 Å². The van der Waals surface area contributed by atoms with Gasteiger partial charge in [0.2, 0.25) is 0 Å². The van der Waals surface area contributed by atoms with Crippen molar-refractivity contribution in [3.05, 3.63) is 12.1 Å². The van der Waals surface area contributed by atoms with E-state index in [2.05, 4.69) is 6.58 Å². The molecule has 1 nitrogen and oxygen atoms in total. The molecule has 0 saturated heterocycles. The Balaban J connectivity index is 0. The fraction of sp³-hybridized carbons (Fsp3) is 0.818. The smallest absolute Gasteiger partial charge is 0.445 e. The normalized spacial score (nSPS) is 13.4. The molecule has 0 aromatic rings. The van der Waals surface area contributed by atoms with Crippen molar-refractivity contribution in [2.75, 3.05) is 13.1 Å². The van der Waals surface area contributed by atoms with Crippen molar-refractivity contribution in [3.63, 3.8) is 0 Å². The maximum atomic E-state index is 12.4. The Morgan fingerprint density at radius 2 is 1.82 bits per heavy atom. The van der Waals surface area contributed by atoms with Gasteiger partial charge in [0, 0.05) is 6.04 Å². The molecule has 0 radical (unpaired) electrons. The third kappa shape index (κ3) is 8.83. The van der Waals surface area contributed by atoms with Crippen LogP contribution in [0.1, 0.15) is 40.0 Å². The first-order valence-electron chi connectivity index (χ1n) is 5.94. The Hall–Kier alpha value is 1.19. The maximum absolute atomic E-state index is 12.4. The van der Waals surface area contributed by atoms with Crippen LogP contribution in [-0.4, -0.2) is 31.0 Å². The van der Waals surface area contributed by atoms with E-state index in [1.54, 1.807) is 0 Å². The van der Waals surface area contributed by atoms with E-state index in [1.165, 1.54) is 0 Å². The van der Waals surface area contributed by atoms with Gasteiger partial charge >= 0.3 is 58.4 Å². The summed E-state index contributed by atoms with van der Waals surface area (Å²) in [5.41, 5.74) is -0.587. The van der Waals surface area contributed by atoms with Crippen molar-refractivity contribution in [2.24, 2.45) is 0 Å². The van der Waals surface area contributed by atoms with Crippen LogP contribution in [0.4, 0.5) is 12.9 Å². The minimum absolute atomic E-state index is 0. The number of halogens is 3. The van der Waals surface area contributed by atoms with Crippen LogP contribution in [-0.2, 0) is 0 Å². The summed E-state index contributed by atoms with van der Waals surface area (Å²) in [7, 11) is 0. The molecule has 0 bridgehead atoms. The van der Waals surface area contributed by atoms with E-state index in [0.717, 1.165) is 25.8 Å². The molecule has 0 aromatic carbocycles. The molecular weight excluding hydrogens is 253 g/mol. The van der Waals surface area contributed by atoms with Crippen molar-refractivity contribution < 1.29 is 64.3 Å². The molecule has 0 rings (SSSR count). The van der Waals surface area contributed by atoms with Crippen molar-refractivity contribution >= 4 is 6.98 Å². The molecule has 0 fully saturated rings. The summed E-state index contributed by atoms with van der Waals surface area (Å²) >= 11 is 0. The molecule has 0 spiro atoms. The number of nitrogens with zero attached hydrogens (tertiary/aromatic N) is 1. The predicted molar refractivity (Wildman–Crippen MR) is 64.5 cm³/mol. The molecule has 0 aromatic heterocycles. The van der Waals surface area contributed by atoms with Gasteiger partial charge in [0.15, 0.2) is 0 Å². The third-order valence-corrected chi connectivity index (χ3v) is 2.88. The van der Waals surface area contributed by atoms with Crippen LogP contribution < -0.4 is 51.4 Å². The Labute approximate surface area is 146 Å². The molecule has 0 amide bonds. The Morgan fingerprint density at radius 1 is 1.29 bits per heavy atom. The van der Waals surface area contributed by atoms with Crippen LogP contribution >= 0.6 is 0 Å². The van der Waals surface area contributed by atoms with Gasteiger partial charge in [-0.1, -0.05) is 20.3 Å². The van der Waals surface area contributed by atoms with Gasteiger partial charge in [-0.2, -0.15) is 0 Å². The van der Waals surface area contributed by atoms with E-state index in [9.17, 15) is 12.9 Å². The quantitative estimate of drug-likeness (QED) is 0.593. The fourth-order valence-electron chi connectivity index (χ4n) is 1.44. The van der Waals surface area contributed by atoms with Gasteiger partial charge in [0.1, 0.15) is 0 Å². The van der Waals surface area contributed by atoms with Crippen LogP contribution in [0.25, 0.3) is 0 Å². The minimum atomic E-state index is -4.89. The second-order valence-corrected chi connectivity index (χ2v) is 4.31. The molecule has 0 N–H and O–H groups in total. The van der Waals surface area contributed by atoms with Gasteiger partial charge in [0.05, 0.1) is 0 Å². The Bertz CT molecular complexity index is 221. The largest absolute Gasteiger partial charge is 1.00 e. The predicted octanol–water partition coefficient (Wildman–Crippen LogP) is 0.834. The van der Waals surface area contributed by atoms with Crippen LogP contribution in [0.5, 0.6) is 0 Å². The summed E-state index contributed by atoms with van der Waals surface area (Å²) in [6.07, 6.45) is 2.79. The topological polar surface area (TPSA) is 3.24 Å². The van der Waals surface area contributed by atoms with Crippen molar-refractivity contribution in [1.82, 2.24) is 4.90 Å². The summed E-state index contributed by atoms with van der Waals surface area (Å²) in [4.78, 5) is 1.88. The third-order valence-electron chi connectivity index (χ3n) is 2.88. The van der Waals surface area contributed by atoms with E-state index in [1.807, 2.05) is 25.7 Å². The summed E-state index contributed by atoms with van der Waals surface area (Å²) in [5.74, 6) is 0. The van der Waals surface area contributed by atoms with Crippen LogP contribution in [0.15, 0.2) is 12.1 Å². The molecule has 96 valence electrons. The van der Waals surface area contributed by atoms with Crippen molar-refractivity contribution in [3.8, 4) is 0 Å². The average Bonchev–Trinajstić information content (AvgIpc) is 2.21. The molecule has 17 heavy (non-hydrogen) atoms. The molecule has 0 aliphatic carbocycles. The molecule has 0 saturated carbocycles. The van der Waals surface area contributed by atoms with Gasteiger partial charge in [-0.3, -0.25) is 4.90 Å². The number of hydrogen-bond donors (Lipinski definition) is 0. The first-order valence-corrected chi connectivity index (χ1v) is 5.94. The Morgan fingerprint density at radius 3 is 2.18 bits per heavy atom. The zero-order chi connectivity index (χ0) is 12.8. The molecule has 0 heterocycles. The summed E-state index contributed by atoms with van der Waals surface area (Å²) < 4.78 is 37.3. The van der Waals surface area contributed by atoms with E-state index >= 15 is 0 Å². The monoisotopic (exact) mass is 275 g/mol. The van der Waals surface area contributed by atoms with Gasteiger partial charge in [-0.15, -0.1) is 12.1 Å². The van der Waals surface area contributed by atoms with Crippen LogP contribution in [0.3, 0.4) is 0 Å². The van der Waals surface area contributed by atoms with Crippen LogP contribution in [0, 0.1) is 0 Å². The molecule has 0 aliphatic rings. The molecule has 1 unspecified atom stereocenters. The number of rotatable bonds is 8. The fourth-order valence-corrected chi connectivity index (χ4v) is 1.44. The first-order chi connectivity index (χ1) is 7.32. The second-order valence-electron chi connectivity index (χ2n) is 4.31. The number of hydrogen-bond acceptors (Lipinski definition) is 1. The standard InChI is InChI=1S/C11H22BF3N.K/c1-5-7-8-16(11(4)6-2)9-10(3)12(13,14)15;/h11H,3,5-9H2,1-2,4H3;/q-1;+1. The van der Waals surface area contributed by atoms with Crippen LogP contribution in [0.2, 0.25) is 0 Å². The summed E-state index contributed by atoms with van der Waals surface area (Å²) in [5, 5.41) is 0. The minimum Gasteiger partial charge on any atom is -0.445 e. The molecule has 1 atom stereocenters. The van der Waals surface area contributed by atoms with E-state index in [-0.39, 0.29) is 64.0 Å². The zero-order valence-corrected chi connectivity index (χ0v) is 14.6. The van der Waals surface area contributed by atoms with Crippen molar-refractivity contribution in [2.45, 2.75) is 46.1 Å². The van der Waals surface area contributed by atoms with E-state index < -0.39 is 12.4 Å². The second kappa shape index (κ2) is 10.0. The average molecular weight is 275 g/mol. The Kier molecular flexibility index (Phi) is 12.1. The summed E-state index contributed by atoms with van der Waals surface area (Å²) in [6, 6.07) is 0.182. The van der Waals surface area contributed by atoms with Gasteiger partial charge in [-0.05, 0) is 32.9 Å². The van der Waals surface area contributed by atoms with Gasteiger partial charge < -0.3 is 12.9 Å².